The Hall–Kier alpha value is -0.950. The fraction of sp³-hybridized carbons (Fsp3) is 0.700. The Bertz CT molecular complexity index is 268. The Labute approximate surface area is 93.6 Å². The smallest absolute Gasteiger partial charge is 0.331 e. The SMILES string of the molecule is C=C(CCOC1C[C@H](O)[C@@H](N)CO1)C(=O)O. The summed E-state index contributed by atoms with van der Waals surface area (Å²) in [5.74, 6) is -1.03. The molecule has 1 rings (SSSR count). The van der Waals surface area contributed by atoms with Crippen molar-refractivity contribution in [3.05, 3.63) is 12.2 Å². The summed E-state index contributed by atoms with van der Waals surface area (Å²) in [4.78, 5) is 10.4. The number of aliphatic hydroxyl groups is 1. The first-order valence-corrected chi connectivity index (χ1v) is 5.08. The highest BCUT2D eigenvalue weighted by atomic mass is 16.7. The largest absolute Gasteiger partial charge is 0.478 e. The molecule has 6 nitrogen and oxygen atoms in total. The van der Waals surface area contributed by atoms with Crippen molar-refractivity contribution in [1.29, 1.82) is 0 Å². The third-order valence-corrected chi connectivity index (χ3v) is 2.41. The van der Waals surface area contributed by atoms with Crippen molar-refractivity contribution in [2.24, 2.45) is 5.73 Å². The summed E-state index contributed by atoms with van der Waals surface area (Å²) in [7, 11) is 0. The van der Waals surface area contributed by atoms with Crippen LogP contribution in [0, 0.1) is 0 Å². The van der Waals surface area contributed by atoms with Crippen molar-refractivity contribution in [2.75, 3.05) is 13.2 Å². The summed E-state index contributed by atoms with van der Waals surface area (Å²) in [5, 5.41) is 18.0. The Morgan fingerprint density at radius 3 is 2.88 bits per heavy atom. The molecule has 1 unspecified atom stereocenters. The van der Waals surface area contributed by atoms with E-state index < -0.39 is 18.4 Å². The summed E-state index contributed by atoms with van der Waals surface area (Å²) >= 11 is 0. The van der Waals surface area contributed by atoms with Crippen LogP contribution in [-0.4, -0.2) is 47.8 Å². The molecule has 1 fully saturated rings. The van der Waals surface area contributed by atoms with E-state index in [2.05, 4.69) is 6.58 Å². The van der Waals surface area contributed by atoms with Crippen molar-refractivity contribution in [3.63, 3.8) is 0 Å². The minimum Gasteiger partial charge on any atom is -0.478 e. The number of ether oxygens (including phenoxy) is 2. The maximum absolute atomic E-state index is 10.4. The summed E-state index contributed by atoms with van der Waals surface area (Å²) in [6.07, 6.45) is -0.615. The predicted octanol–water partition coefficient (Wildman–Crippen LogP) is -0.531. The van der Waals surface area contributed by atoms with Crippen molar-refractivity contribution in [2.45, 2.75) is 31.3 Å². The lowest BCUT2D eigenvalue weighted by molar-refractivity contribution is -0.189. The van der Waals surface area contributed by atoms with E-state index in [0.717, 1.165) is 0 Å². The number of hydrogen-bond acceptors (Lipinski definition) is 5. The lowest BCUT2D eigenvalue weighted by atomic mass is 10.1. The van der Waals surface area contributed by atoms with E-state index in [-0.39, 0.29) is 31.2 Å². The van der Waals surface area contributed by atoms with Gasteiger partial charge in [0.1, 0.15) is 0 Å². The molecule has 1 saturated heterocycles. The highest BCUT2D eigenvalue weighted by Crippen LogP contribution is 2.14. The zero-order valence-electron chi connectivity index (χ0n) is 8.96. The molecule has 0 saturated carbocycles. The van der Waals surface area contributed by atoms with Gasteiger partial charge >= 0.3 is 5.97 Å². The van der Waals surface area contributed by atoms with Crippen LogP contribution in [0.3, 0.4) is 0 Å². The molecule has 0 amide bonds. The molecule has 0 bridgehead atoms. The molecule has 0 aromatic rings. The number of hydrogen-bond donors (Lipinski definition) is 3. The first-order chi connectivity index (χ1) is 7.50. The first-order valence-electron chi connectivity index (χ1n) is 5.08. The van der Waals surface area contributed by atoms with Gasteiger partial charge in [-0.1, -0.05) is 6.58 Å². The number of rotatable bonds is 5. The molecule has 92 valence electrons. The molecule has 1 aliphatic rings. The van der Waals surface area contributed by atoms with Gasteiger partial charge in [-0.25, -0.2) is 4.79 Å². The van der Waals surface area contributed by atoms with Gasteiger partial charge in [0.05, 0.1) is 25.4 Å². The van der Waals surface area contributed by atoms with Crippen molar-refractivity contribution in [1.82, 2.24) is 0 Å². The molecule has 0 aromatic carbocycles. The Morgan fingerprint density at radius 1 is 1.62 bits per heavy atom. The highest BCUT2D eigenvalue weighted by molar-refractivity contribution is 5.85. The van der Waals surface area contributed by atoms with Crippen LogP contribution in [0.5, 0.6) is 0 Å². The molecule has 0 aromatic heterocycles. The van der Waals surface area contributed by atoms with E-state index in [0.29, 0.717) is 6.42 Å². The number of carboxylic acid groups (broad SMARTS) is 1. The van der Waals surface area contributed by atoms with Crippen molar-refractivity contribution >= 4 is 5.97 Å². The fourth-order valence-electron chi connectivity index (χ4n) is 1.31. The average molecular weight is 231 g/mol. The van der Waals surface area contributed by atoms with E-state index >= 15 is 0 Å². The number of aliphatic hydroxyl groups excluding tert-OH is 1. The Balaban J connectivity index is 2.19. The van der Waals surface area contributed by atoms with Gasteiger partial charge in [0.15, 0.2) is 6.29 Å². The summed E-state index contributed by atoms with van der Waals surface area (Å²) in [5.41, 5.74) is 5.63. The number of carboxylic acids is 1. The van der Waals surface area contributed by atoms with Gasteiger partial charge in [-0.2, -0.15) is 0 Å². The van der Waals surface area contributed by atoms with Gasteiger partial charge in [0.2, 0.25) is 0 Å². The normalized spacial score (nSPS) is 30.0. The zero-order valence-corrected chi connectivity index (χ0v) is 8.96. The molecule has 0 spiro atoms. The molecule has 16 heavy (non-hydrogen) atoms. The van der Waals surface area contributed by atoms with Gasteiger partial charge < -0.3 is 25.4 Å². The maximum Gasteiger partial charge on any atom is 0.331 e. The monoisotopic (exact) mass is 231 g/mol. The van der Waals surface area contributed by atoms with E-state index in [1.54, 1.807) is 0 Å². The molecule has 4 N–H and O–H groups in total. The molecule has 0 aliphatic carbocycles. The molecule has 0 radical (unpaired) electrons. The third-order valence-electron chi connectivity index (χ3n) is 2.41. The van der Waals surface area contributed by atoms with Gasteiger partial charge in [-0.05, 0) is 0 Å². The van der Waals surface area contributed by atoms with E-state index in [1.807, 2.05) is 0 Å². The number of carbonyl (C=O) groups is 1. The summed E-state index contributed by atoms with van der Waals surface area (Å²) < 4.78 is 10.5. The van der Waals surface area contributed by atoms with Crippen LogP contribution in [0.1, 0.15) is 12.8 Å². The second kappa shape index (κ2) is 5.95. The van der Waals surface area contributed by atoms with Gasteiger partial charge in [-0.15, -0.1) is 0 Å². The quantitative estimate of drug-likeness (QED) is 0.550. The fourth-order valence-corrected chi connectivity index (χ4v) is 1.31. The van der Waals surface area contributed by atoms with E-state index in [4.69, 9.17) is 20.3 Å². The lowest BCUT2D eigenvalue weighted by Crippen LogP contribution is -2.47. The van der Waals surface area contributed by atoms with Crippen LogP contribution in [0.2, 0.25) is 0 Å². The minimum absolute atomic E-state index is 0.0908. The van der Waals surface area contributed by atoms with Gasteiger partial charge in [0, 0.05) is 18.4 Å². The summed E-state index contributed by atoms with van der Waals surface area (Å²) in [6.45, 7) is 3.82. The summed E-state index contributed by atoms with van der Waals surface area (Å²) in [6, 6.07) is -0.381. The second-order valence-corrected chi connectivity index (χ2v) is 3.76. The van der Waals surface area contributed by atoms with Gasteiger partial charge in [-0.3, -0.25) is 0 Å². The lowest BCUT2D eigenvalue weighted by Gasteiger charge is -2.30. The number of aliphatic carboxylic acids is 1. The standard InChI is InChI=1S/C10H17NO5/c1-6(10(13)14)2-3-15-9-4-8(12)7(11)5-16-9/h7-9,12H,1-5,11H2,(H,13,14)/t7-,8-,9?/m0/s1. The third kappa shape index (κ3) is 3.90. The zero-order chi connectivity index (χ0) is 12.1. The molecule has 1 aliphatic heterocycles. The van der Waals surface area contributed by atoms with Crippen LogP contribution >= 0.6 is 0 Å². The Morgan fingerprint density at radius 2 is 2.31 bits per heavy atom. The molecular weight excluding hydrogens is 214 g/mol. The van der Waals surface area contributed by atoms with Crippen LogP contribution in [0.15, 0.2) is 12.2 Å². The molecular formula is C10H17NO5. The van der Waals surface area contributed by atoms with Crippen LogP contribution in [0.25, 0.3) is 0 Å². The average Bonchev–Trinajstić information content (AvgIpc) is 2.23. The van der Waals surface area contributed by atoms with E-state index in [9.17, 15) is 9.90 Å². The highest BCUT2D eigenvalue weighted by Gasteiger charge is 2.27. The number of nitrogens with two attached hydrogens (primary N) is 1. The second-order valence-electron chi connectivity index (χ2n) is 3.76. The minimum atomic E-state index is -1.03. The molecule has 3 atom stereocenters. The van der Waals surface area contributed by atoms with Crippen molar-refractivity contribution < 1.29 is 24.5 Å². The van der Waals surface area contributed by atoms with E-state index in [1.165, 1.54) is 0 Å². The topological polar surface area (TPSA) is 102 Å². The first kappa shape index (κ1) is 13.1. The predicted molar refractivity (Wildman–Crippen MR) is 55.7 cm³/mol. The van der Waals surface area contributed by atoms with Crippen LogP contribution < -0.4 is 5.73 Å². The molecule has 1 heterocycles. The van der Waals surface area contributed by atoms with Gasteiger partial charge in [0.25, 0.3) is 0 Å². The van der Waals surface area contributed by atoms with Crippen LogP contribution in [0.4, 0.5) is 0 Å². The maximum atomic E-state index is 10.4. The Kier molecular flexibility index (Phi) is 4.88. The molecule has 6 heteroatoms. The van der Waals surface area contributed by atoms with Crippen LogP contribution in [-0.2, 0) is 14.3 Å². The van der Waals surface area contributed by atoms with Crippen molar-refractivity contribution in [3.8, 4) is 0 Å².